The predicted molar refractivity (Wildman–Crippen MR) is 69.5 cm³/mol. The maximum atomic E-state index is 11.2. The van der Waals surface area contributed by atoms with E-state index in [9.17, 15) is 9.90 Å². The third kappa shape index (κ3) is 1.84. The molecule has 0 aliphatic heterocycles. The molecular formula is C13H15N3O2. The Bertz CT molecular complexity index is 629. The van der Waals surface area contributed by atoms with Gasteiger partial charge in [-0.05, 0) is 31.0 Å². The molecule has 5 nitrogen and oxygen atoms in total. The molecule has 0 radical (unpaired) electrons. The van der Waals surface area contributed by atoms with Crippen LogP contribution < -0.4 is 5.73 Å². The topological polar surface area (TPSA) is 81.1 Å². The lowest BCUT2D eigenvalue weighted by atomic mass is 10.0. The average Bonchev–Trinajstić information content (AvgIpc) is 2.59. The number of nitrogen functional groups attached to an aromatic ring is 1. The highest BCUT2D eigenvalue weighted by molar-refractivity contribution is 5.99. The summed E-state index contributed by atoms with van der Waals surface area (Å²) in [5.41, 5.74) is 9.20. The first-order chi connectivity index (χ1) is 8.41. The number of nitrogens with zero attached hydrogens (tertiary/aromatic N) is 2. The first kappa shape index (κ1) is 12.2. The summed E-state index contributed by atoms with van der Waals surface area (Å²) in [5, 5.41) is 13.4. The summed E-state index contributed by atoms with van der Waals surface area (Å²) in [7, 11) is 1.63. The van der Waals surface area contributed by atoms with Gasteiger partial charge in [-0.25, -0.2) is 4.79 Å². The lowest BCUT2D eigenvalue weighted by molar-refractivity contribution is 0.0699. The van der Waals surface area contributed by atoms with Gasteiger partial charge in [-0.1, -0.05) is 12.1 Å². The Labute approximate surface area is 105 Å². The molecule has 18 heavy (non-hydrogen) atoms. The van der Waals surface area contributed by atoms with Crippen molar-refractivity contribution in [3.8, 4) is 11.3 Å². The number of anilines is 1. The zero-order valence-corrected chi connectivity index (χ0v) is 10.6. The largest absolute Gasteiger partial charge is 0.477 e. The normalized spacial score (nSPS) is 10.6. The molecule has 2 aromatic rings. The Kier molecular flexibility index (Phi) is 2.82. The number of carboxylic acids is 1. The molecule has 0 aliphatic carbocycles. The van der Waals surface area contributed by atoms with Crippen LogP contribution in [0.2, 0.25) is 0 Å². The van der Waals surface area contributed by atoms with E-state index in [4.69, 9.17) is 5.73 Å². The molecule has 1 heterocycles. The highest BCUT2D eigenvalue weighted by atomic mass is 16.4. The zero-order valence-electron chi connectivity index (χ0n) is 10.6. The van der Waals surface area contributed by atoms with E-state index in [-0.39, 0.29) is 11.4 Å². The first-order valence-corrected chi connectivity index (χ1v) is 5.55. The molecule has 0 unspecified atom stereocenters. The summed E-state index contributed by atoms with van der Waals surface area (Å²) >= 11 is 0. The van der Waals surface area contributed by atoms with Crippen molar-refractivity contribution < 1.29 is 9.90 Å². The molecule has 3 N–H and O–H groups in total. The van der Waals surface area contributed by atoms with E-state index in [1.165, 1.54) is 4.68 Å². The van der Waals surface area contributed by atoms with E-state index in [0.717, 1.165) is 16.7 Å². The Morgan fingerprint density at radius 1 is 1.33 bits per heavy atom. The van der Waals surface area contributed by atoms with Crippen molar-refractivity contribution in [3.05, 3.63) is 34.9 Å². The molecule has 0 amide bonds. The van der Waals surface area contributed by atoms with Crippen LogP contribution in [0, 0.1) is 13.8 Å². The number of hydrogen-bond acceptors (Lipinski definition) is 3. The summed E-state index contributed by atoms with van der Waals surface area (Å²) < 4.78 is 1.38. The lowest BCUT2D eigenvalue weighted by Crippen LogP contribution is -2.04. The van der Waals surface area contributed by atoms with Crippen molar-refractivity contribution in [2.75, 3.05) is 5.73 Å². The Morgan fingerprint density at radius 3 is 2.56 bits per heavy atom. The van der Waals surface area contributed by atoms with Crippen molar-refractivity contribution in [2.45, 2.75) is 13.8 Å². The minimum Gasteiger partial charge on any atom is -0.477 e. The zero-order chi connectivity index (χ0) is 13.4. The number of aromatic carboxylic acids is 1. The molecule has 0 bridgehead atoms. The van der Waals surface area contributed by atoms with E-state index >= 15 is 0 Å². The van der Waals surface area contributed by atoms with Crippen LogP contribution in [-0.4, -0.2) is 20.9 Å². The molecule has 2 rings (SSSR count). The monoisotopic (exact) mass is 245 g/mol. The minimum absolute atomic E-state index is 0.0563. The third-order valence-electron chi connectivity index (χ3n) is 3.09. The van der Waals surface area contributed by atoms with Crippen molar-refractivity contribution in [3.63, 3.8) is 0 Å². The fourth-order valence-electron chi connectivity index (χ4n) is 1.84. The van der Waals surface area contributed by atoms with E-state index in [1.54, 1.807) is 7.05 Å². The number of aromatic nitrogens is 2. The predicted octanol–water partition coefficient (Wildman–Crippen LogP) is 1.98. The van der Waals surface area contributed by atoms with Crippen LogP contribution in [0.4, 0.5) is 5.82 Å². The molecule has 94 valence electrons. The highest BCUT2D eigenvalue weighted by Crippen LogP contribution is 2.28. The van der Waals surface area contributed by atoms with Crippen LogP contribution in [0.3, 0.4) is 0 Å². The maximum Gasteiger partial charge on any atom is 0.341 e. The molecule has 1 aromatic heterocycles. The van der Waals surface area contributed by atoms with E-state index in [2.05, 4.69) is 5.10 Å². The van der Waals surface area contributed by atoms with Gasteiger partial charge in [-0.3, -0.25) is 4.68 Å². The molecule has 0 fully saturated rings. The maximum absolute atomic E-state index is 11.2. The van der Waals surface area contributed by atoms with Crippen LogP contribution in [0.5, 0.6) is 0 Å². The fourth-order valence-corrected chi connectivity index (χ4v) is 1.84. The van der Waals surface area contributed by atoms with E-state index < -0.39 is 5.97 Å². The number of benzene rings is 1. The van der Waals surface area contributed by atoms with Crippen LogP contribution >= 0.6 is 0 Å². The van der Waals surface area contributed by atoms with Gasteiger partial charge in [-0.15, -0.1) is 0 Å². The molecule has 0 spiro atoms. The minimum atomic E-state index is -1.06. The number of hydrogen-bond donors (Lipinski definition) is 2. The number of carboxylic acid groups (broad SMARTS) is 1. The van der Waals surface area contributed by atoms with Gasteiger partial charge in [0.2, 0.25) is 0 Å². The quantitative estimate of drug-likeness (QED) is 0.847. The van der Waals surface area contributed by atoms with E-state index in [1.807, 2.05) is 32.0 Å². The fraction of sp³-hybridized carbons (Fsp3) is 0.231. The van der Waals surface area contributed by atoms with Crippen LogP contribution in [0.15, 0.2) is 18.2 Å². The molecule has 0 saturated heterocycles. The van der Waals surface area contributed by atoms with Gasteiger partial charge in [0.05, 0.1) is 0 Å². The van der Waals surface area contributed by atoms with Gasteiger partial charge in [0.25, 0.3) is 0 Å². The highest BCUT2D eigenvalue weighted by Gasteiger charge is 2.21. The number of carbonyl (C=O) groups is 1. The van der Waals surface area contributed by atoms with Crippen molar-refractivity contribution >= 4 is 11.8 Å². The Hall–Kier alpha value is -2.30. The smallest absolute Gasteiger partial charge is 0.341 e. The number of aryl methyl sites for hydroxylation is 3. The SMILES string of the molecule is Cc1ccc(-c2nn(C)c(N)c2C(=O)O)cc1C. The van der Waals surface area contributed by atoms with Gasteiger partial charge in [0.15, 0.2) is 0 Å². The summed E-state index contributed by atoms with van der Waals surface area (Å²) in [6, 6.07) is 5.72. The molecule has 5 heteroatoms. The molecule has 0 aliphatic rings. The second-order valence-electron chi connectivity index (χ2n) is 4.34. The van der Waals surface area contributed by atoms with Gasteiger partial charge in [-0.2, -0.15) is 5.10 Å². The van der Waals surface area contributed by atoms with Crippen LogP contribution in [-0.2, 0) is 7.05 Å². The number of rotatable bonds is 2. The van der Waals surface area contributed by atoms with Crippen molar-refractivity contribution in [1.82, 2.24) is 9.78 Å². The average molecular weight is 245 g/mol. The van der Waals surface area contributed by atoms with Gasteiger partial charge in [0, 0.05) is 12.6 Å². The van der Waals surface area contributed by atoms with Gasteiger partial charge in [0.1, 0.15) is 17.1 Å². The van der Waals surface area contributed by atoms with Crippen molar-refractivity contribution in [2.24, 2.45) is 7.05 Å². The summed E-state index contributed by atoms with van der Waals surface area (Å²) in [6.07, 6.45) is 0. The summed E-state index contributed by atoms with van der Waals surface area (Å²) in [4.78, 5) is 11.2. The number of nitrogens with two attached hydrogens (primary N) is 1. The standard InChI is InChI=1S/C13H15N3O2/c1-7-4-5-9(6-8(7)2)11-10(13(17)18)12(14)16(3)15-11/h4-6H,14H2,1-3H3,(H,17,18). The van der Waals surface area contributed by atoms with Crippen LogP contribution in [0.25, 0.3) is 11.3 Å². The molecule has 0 saturated carbocycles. The van der Waals surface area contributed by atoms with Crippen LogP contribution in [0.1, 0.15) is 21.5 Å². The first-order valence-electron chi connectivity index (χ1n) is 5.55. The molecule has 1 aromatic carbocycles. The second-order valence-corrected chi connectivity index (χ2v) is 4.34. The molecular weight excluding hydrogens is 230 g/mol. The molecule has 0 atom stereocenters. The van der Waals surface area contributed by atoms with Gasteiger partial charge >= 0.3 is 5.97 Å². The van der Waals surface area contributed by atoms with E-state index in [0.29, 0.717) is 5.69 Å². The van der Waals surface area contributed by atoms with Gasteiger partial charge < -0.3 is 10.8 Å². The Morgan fingerprint density at radius 2 is 2.00 bits per heavy atom. The lowest BCUT2D eigenvalue weighted by Gasteiger charge is -2.03. The second kappa shape index (κ2) is 4.18. The summed E-state index contributed by atoms with van der Waals surface area (Å²) in [6.45, 7) is 3.98. The van der Waals surface area contributed by atoms with Crippen molar-refractivity contribution in [1.29, 1.82) is 0 Å². The summed E-state index contributed by atoms with van der Waals surface area (Å²) in [5.74, 6) is -0.899. The third-order valence-corrected chi connectivity index (χ3v) is 3.09. The Balaban J connectivity index is 2.67.